The lowest BCUT2D eigenvalue weighted by Crippen LogP contribution is -2.32. The van der Waals surface area contributed by atoms with Crippen LogP contribution in [0.3, 0.4) is 0 Å². The Kier molecular flexibility index (Phi) is 4.75. The van der Waals surface area contributed by atoms with E-state index in [9.17, 15) is 13.6 Å². The van der Waals surface area contributed by atoms with E-state index < -0.39 is 17.5 Å². The Bertz CT molecular complexity index is 467. The highest BCUT2D eigenvalue weighted by atomic mass is 35.5. The van der Waals surface area contributed by atoms with Crippen molar-refractivity contribution in [2.75, 3.05) is 6.54 Å². The Morgan fingerprint density at radius 1 is 1.37 bits per heavy atom. The zero-order valence-electron chi connectivity index (χ0n) is 10.5. The maximum Gasteiger partial charge on any atom is 0.254 e. The molecule has 1 aliphatic rings. The van der Waals surface area contributed by atoms with Crippen LogP contribution in [0.25, 0.3) is 0 Å². The molecular weight excluding hydrogens is 272 g/mol. The van der Waals surface area contributed by atoms with E-state index in [0.29, 0.717) is 18.5 Å². The van der Waals surface area contributed by atoms with Gasteiger partial charge in [-0.3, -0.25) is 4.79 Å². The number of nitrogens with one attached hydrogen (secondary N) is 1. The third kappa shape index (κ3) is 3.90. The molecule has 1 aliphatic carbocycles. The Balaban J connectivity index is 1.90. The zero-order valence-corrected chi connectivity index (χ0v) is 11.2. The van der Waals surface area contributed by atoms with Crippen molar-refractivity contribution in [2.45, 2.75) is 31.1 Å². The van der Waals surface area contributed by atoms with Gasteiger partial charge in [0.2, 0.25) is 0 Å². The van der Waals surface area contributed by atoms with Gasteiger partial charge in [-0.25, -0.2) is 8.78 Å². The van der Waals surface area contributed by atoms with Crippen LogP contribution in [0.15, 0.2) is 18.2 Å². The normalized spacial score (nSPS) is 23.1. The second kappa shape index (κ2) is 6.33. The minimum Gasteiger partial charge on any atom is -0.352 e. The van der Waals surface area contributed by atoms with Gasteiger partial charge in [0.15, 0.2) is 0 Å². The first-order chi connectivity index (χ1) is 9.06. The summed E-state index contributed by atoms with van der Waals surface area (Å²) in [5.74, 6) is -1.69. The van der Waals surface area contributed by atoms with E-state index in [1.54, 1.807) is 0 Å². The van der Waals surface area contributed by atoms with Crippen LogP contribution in [0.5, 0.6) is 0 Å². The fourth-order valence-electron chi connectivity index (χ4n) is 2.42. The van der Waals surface area contributed by atoms with Gasteiger partial charge in [0, 0.05) is 18.0 Å². The molecule has 0 bridgehead atoms. The first-order valence-electron chi connectivity index (χ1n) is 6.43. The predicted octanol–water partition coefficient (Wildman–Crippen LogP) is 3.49. The molecule has 2 atom stereocenters. The van der Waals surface area contributed by atoms with Crippen molar-refractivity contribution in [2.24, 2.45) is 5.92 Å². The molecule has 19 heavy (non-hydrogen) atoms. The highest BCUT2D eigenvalue weighted by Crippen LogP contribution is 2.27. The quantitative estimate of drug-likeness (QED) is 0.847. The number of alkyl halides is 1. The summed E-state index contributed by atoms with van der Waals surface area (Å²) < 4.78 is 26.2. The summed E-state index contributed by atoms with van der Waals surface area (Å²) >= 11 is 6.07. The smallest absolute Gasteiger partial charge is 0.254 e. The molecule has 1 aromatic carbocycles. The zero-order chi connectivity index (χ0) is 13.8. The van der Waals surface area contributed by atoms with Crippen molar-refractivity contribution in [1.82, 2.24) is 5.32 Å². The molecule has 1 saturated carbocycles. The summed E-state index contributed by atoms with van der Waals surface area (Å²) in [5, 5.41) is 2.85. The molecule has 0 aromatic heterocycles. The average Bonchev–Trinajstić information content (AvgIpc) is 2.36. The van der Waals surface area contributed by atoms with Crippen molar-refractivity contribution in [3.63, 3.8) is 0 Å². The number of benzene rings is 1. The van der Waals surface area contributed by atoms with Crippen LogP contribution in [0.2, 0.25) is 0 Å². The Morgan fingerprint density at radius 3 is 2.84 bits per heavy atom. The fourth-order valence-corrected chi connectivity index (χ4v) is 2.82. The minimum absolute atomic E-state index is 0.125. The summed E-state index contributed by atoms with van der Waals surface area (Å²) in [4.78, 5) is 11.8. The van der Waals surface area contributed by atoms with E-state index in [1.165, 1.54) is 0 Å². The highest BCUT2D eigenvalue weighted by molar-refractivity contribution is 6.20. The molecule has 2 rings (SSSR count). The van der Waals surface area contributed by atoms with Crippen LogP contribution in [0.4, 0.5) is 8.78 Å². The SMILES string of the molecule is O=C(NCC1CCCC(Cl)C1)c1ccc(F)cc1F. The van der Waals surface area contributed by atoms with Crippen LogP contribution in [0, 0.1) is 17.6 Å². The number of carbonyl (C=O) groups is 1. The van der Waals surface area contributed by atoms with Crippen molar-refractivity contribution < 1.29 is 13.6 Å². The molecule has 0 aliphatic heterocycles. The molecule has 0 heterocycles. The highest BCUT2D eigenvalue weighted by Gasteiger charge is 2.21. The maximum atomic E-state index is 13.4. The van der Waals surface area contributed by atoms with Crippen LogP contribution < -0.4 is 5.32 Å². The molecule has 2 nitrogen and oxygen atoms in total. The van der Waals surface area contributed by atoms with E-state index in [4.69, 9.17) is 11.6 Å². The molecule has 1 amide bonds. The van der Waals surface area contributed by atoms with E-state index in [1.807, 2.05) is 0 Å². The molecule has 1 N–H and O–H groups in total. The number of hydrogen-bond acceptors (Lipinski definition) is 1. The molecule has 0 saturated heterocycles. The lowest BCUT2D eigenvalue weighted by atomic mass is 9.89. The van der Waals surface area contributed by atoms with Crippen molar-refractivity contribution in [3.05, 3.63) is 35.4 Å². The van der Waals surface area contributed by atoms with Gasteiger partial charge >= 0.3 is 0 Å². The topological polar surface area (TPSA) is 29.1 Å². The monoisotopic (exact) mass is 287 g/mol. The fraction of sp³-hybridized carbons (Fsp3) is 0.500. The second-order valence-electron chi connectivity index (χ2n) is 4.96. The summed E-state index contributed by atoms with van der Waals surface area (Å²) in [7, 11) is 0. The molecule has 2 unspecified atom stereocenters. The van der Waals surface area contributed by atoms with Gasteiger partial charge in [-0.15, -0.1) is 11.6 Å². The van der Waals surface area contributed by atoms with Gasteiger partial charge in [0.25, 0.3) is 5.91 Å². The lowest BCUT2D eigenvalue weighted by Gasteiger charge is -2.25. The molecule has 5 heteroatoms. The number of rotatable bonds is 3. The predicted molar refractivity (Wildman–Crippen MR) is 70.3 cm³/mol. The number of amides is 1. The third-order valence-corrected chi connectivity index (χ3v) is 3.84. The van der Waals surface area contributed by atoms with E-state index >= 15 is 0 Å². The van der Waals surface area contributed by atoms with Crippen molar-refractivity contribution in [1.29, 1.82) is 0 Å². The summed E-state index contributed by atoms with van der Waals surface area (Å²) in [6.07, 6.45) is 3.96. The number of hydrogen-bond donors (Lipinski definition) is 1. The minimum atomic E-state index is -0.837. The van der Waals surface area contributed by atoms with Crippen LogP contribution in [0.1, 0.15) is 36.0 Å². The molecule has 1 aromatic rings. The van der Waals surface area contributed by atoms with Gasteiger partial charge in [-0.1, -0.05) is 6.42 Å². The third-order valence-electron chi connectivity index (χ3n) is 3.45. The summed E-state index contributed by atoms with van der Waals surface area (Å²) in [6, 6.07) is 2.95. The molecule has 0 spiro atoms. The Hall–Kier alpha value is -1.16. The van der Waals surface area contributed by atoms with Crippen LogP contribution in [-0.4, -0.2) is 17.8 Å². The van der Waals surface area contributed by atoms with E-state index in [-0.39, 0.29) is 10.9 Å². The summed E-state index contributed by atoms with van der Waals surface area (Å²) in [6.45, 7) is 0.485. The number of carbonyl (C=O) groups excluding carboxylic acids is 1. The Labute approximate surface area is 116 Å². The van der Waals surface area contributed by atoms with Crippen molar-refractivity contribution in [3.8, 4) is 0 Å². The van der Waals surface area contributed by atoms with Crippen LogP contribution >= 0.6 is 11.6 Å². The van der Waals surface area contributed by atoms with Gasteiger partial charge in [0.05, 0.1) is 5.56 Å². The average molecular weight is 288 g/mol. The lowest BCUT2D eigenvalue weighted by molar-refractivity contribution is 0.0939. The first kappa shape index (κ1) is 14.3. The Morgan fingerprint density at radius 2 is 2.16 bits per heavy atom. The largest absolute Gasteiger partial charge is 0.352 e. The van der Waals surface area contributed by atoms with Gasteiger partial charge in [0.1, 0.15) is 11.6 Å². The van der Waals surface area contributed by atoms with Crippen molar-refractivity contribution >= 4 is 17.5 Å². The van der Waals surface area contributed by atoms with E-state index in [0.717, 1.165) is 37.8 Å². The van der Waals surface area contributed by atoms with E-state index in [2.05, 4.69) is 5.32 Å². The molecule has 104 valence electrons. The number of halogens is 3. The van der Waals surface area contributed by atoms with Gasteiger partial charge in [-0.05, 0) is 37.3 Å². The molecule has 1 fully saturated rings. The second-order valence-corrected chi connectivity index (χ2v) is 5.58. The van der Waals surface area contributed by atoms with Crippen LogP contribution in [-0.2, 0) is 0 Å². The van der Waals surface area contributed by atoms with Gasteiger partial charge in [-0.2, -0.15) is 0 Å². The van der Waals surface area contributed by atoms with Gasteiger partial charge < -0.3 is 5.32 Å². The summed E-state index contributed by atoms with van der Waals surface area (Å²) in [5.41, 5.74) is -0.125. The molecular formula is C14H16ClF2NO. The molecule has 0 radical (unpaired) electrons. The first-order valence-corrected chi connectivity index (χ1v) is 6.87. The standard InChI is InChI=1S/C14H16ClF2NO/c15-10-3-1-2-9(6-10)8-18-14(19)12-5-4-11(16)7-13(12)17/h4-5,7,9-10H,1-3,6,8H2,(H,18,19). The maximum absolute atomic E-state index is 13.4.